The molecule has 0 aliphatic heterocycles. The van der Waals surface area contributed by atoms with Crippen molar-refractivity contribution in [2.75, 3.05) is 0 Å². The van der Waals surface area contributed by atoms with Gasteiger partial charge in [-0.3, -0.25) is 4.98 Å². The van der Waals surface area contributed by atoms with Crippen LogP contribution in [0.15, 0.2) is 18.3 Å². The van der Waals surface area contributed by atoms with Crippen LogP contribution in [-0.4, -0.2) is 4.98 Å². The second-order valence-electron chi connectivity index (χ2n) is 2.19. The third-order valence-electron chi connectivity index (χ3n) is 1.24. The van der Waals surface area contributed by atoms with Crippen LogP contribution in [0.25, 0.3) is 0 Å². The third kappa shape index (κ3) is 2.50. The van der Waals surface area contributed by atoms with Gasteiger partial charge in [0, 0.05) is 11.9 Å². The molecule has 0 saturated carbocycles. The lowest BCUT2D eigenvalue weighted by atomic mass is 10.2. The van der Waals surface area contributed by atoms with E-state index >= 15 is 0 Å². The first-order chi connectivity index (χ1) is 5.00. The predicted molar refractivity (Wildman–Crippen MR) is 39.0 cm³/mol. The first-order valence-electron chi connectivity index (χ1n) is 3.00. The number of aryl methyl sites for hydroxylation is 1. The number of rotatable bonds is 0. The van der Waals surface area contributed by atoms with Crippen LogP contribution < -0.4 is 6.15 Å². The average Bonchev–Trinajstić information content (AvgIpc) is 1.86. The van der Waals surface area contributed by atoms with Gasteiger partial charge in [-0.05, 0) is 19.1 Å². The van der Waals surface area contributed by atoms with E-state index in [-0.39, 0.29) is 6.15 Å². The Kier molecular flexibility index (Phi) is 3.21. The van der Waals surface area contributed by atoms with E-state index in [0.29, 0.717) is 5.69 Å². The van der Waals surface area contributed by atoms with Gasteiger partial charge >= 0.3 is 6.18 Å². The highest BCUT2D eigenvalue weighted by Crippen LogP contribution is 2.28. The van der Waals surface area contributed by atoms with E-state index in [0.717, 1.165) is 12.3 Å². The Morgan fingerprint density at radius 1 is 1.25 bits per heavy atom. The van der Waals surface area contributed by atoms with Crippen molar-refractivity contribution in [1.29, 1.82) is 0 Å². The maximum Gasteiger partial charge on any atom is 0.417 e. The smallest absolute Gasteiger partial charge is 0.344 e. The summed E-state index contributed by atoms with van der Waals surface area (Å²) in [5.41, 5.74) is -0.124. The molecular formula is C7H9F3N2. The quantitative estimate of drug-likeness (QED) is 0.663. The van der Waals surface area contributed by atoms with Crippen molar-refractivity contribution >= 4 is 0 Å². The molecule has 5 heteroatoms. The second-order valence-corrected chi connectivity index (χ2v) is 2.19. The fourth-order valence-electron chi connectivity index (χ4n) is 0.635. The minimum absolute atomic E-state index is 0. The number of alkyl halides is 3. The summed E-state index contributed by atoms with van der Waals surface area (Å²) in [7, 11) is 0. The Labute approximate surface area is 68.0 Å². The van der Waals surface area contributed by atoms with Crippen molar-refractivity contribution in [3.63, 3.8) is 0 Å². The molecule has 0 aromatic carbocycles. The summed E-state index contributed by atoms with van der Waals surface area (Å²) in [6, 6.07) is 2.35. The van der Waals surface area contributed by atoms with Crippen molar-refractivity contribution in [3.05, 3.63) is 29.6 Å². The summed E-state index contributed by atoms with van der Waals surface area (Å²) in [5.74, 6) is 0. The Morgan fingerprint density at radius 3 is 2.17 bits per heavy atom. The van der Waals surface area contributed by atoms with Crippen LogP contribution in [-0.2, 0) is 6.18 Å². The maximum atomic E-state index is 11.9. The van der Waals surface area contributed by atoms with E-state index in [1.165, 1.54) is 6.07 Å². The summed E-state index contributed by atoms with van der Waals surface area (Å²) in [6.07, 6.45) is -3.45. The highest BCUT2D eigenvalue weighted by atomic mass is 19.4. The first kappa shape index (κ1) is 10.9. The minimum Gasteiger partial charge on any atom is -0.344 e. The van der Waals surface area contributed by atoms with Gasteiger partial charge in [-0.25, -0.2) is 0 Å². The van der Waals surface area contributed by atoms with Gasteiger partial charge in [0.2, 0.25) is 0 Å². The van der Waals surface area contributed by atoms with Crippen LogP contribution >= 0.6 is 0 Å². The van der Waals surface area contributed by atoms with E-state index in [2.05, 4.69) is 4.98 Å². The summed E-state index contributed by atoms with van der Waals surface area (Å²) in [6.45, 7) is 1.64. The number of halogens is 3. The van der Waals surface area contributed by atoms with Gasteiger partial charge in [0.15, 0.2) is 0 Å². The zero-order valence-corrected chi connectivity index (χ0v) is 6.52. The van der Waals surface area contributed by atoms with E-state index in [1.54, 1.807) is 6.92 Å². The van der Waals surface area contributed by atoms with E-state index in [9.17, 15) is 13.2 Å². The highest BCUT2D eigenvalue weighted by Gasteiger charge is 2.30. The highest BCUT2D eigenvalue weighted by molar-refractivity contribution is 5.15. The van der Waals surface area contributed by atoms with Crippen molar-refractivity contribution in [2.45, 2.75) is 13.1 Å². The monoisotopic (exact) mass is 178 g/mol. The standard InChI is InChI=1S/C7H6F3N.H3N/c1-5-2-3-6(4-11-5)7(8,9)10;/h2-4H,1H3;1H3. The molecule has 0 spiro atoms. The Bertz CT molecular complexity index is 240. The summed E-state index contributed by atoms with van der Waals surface area (Å²) in [5, 5.41) is 0. The van der Waals surface area contributed by atoms with Crippen molar-refractivity contribution in [3.8, 4) is 0 Å². The van der Waals surface area contributed by atoms with Crippen LogP contribution in [0.2, 0.25) is 0 Å². The Morgan fingerprint density at radius 2 is 1.83 bits per heavy atom. The van der Waals surface area contributed by atoms with E-state index in [4.69, 9.17) is 0 Å². The molecular weight excluding hydrogens is 169 g/mol. The van der Waals surface area contributed by atoms with Crippen LogP contribution in [0.1, 0.15) is 11.3 Å². The second kappa shape index (κ2) is 3.53. The van der Waals surface area contributed by atoms with Gasteiger partial charge < -0.3 is 6.15 Å². The molecule has 1 heterocycles. The zero-order valence-electron chi connectivity index (χ0n) is 6.52. The molecule has 12 heavy (non-hydrogen) atoms. The lowest BCUT2D eigenvalue weighted by molar-refractivity contribution is -0.137. The molecule has 0 unspecified atom stereocenters. The molecule has 0 radical (unpaired) electrons. The third-order valence-corrected chi connectivity index (χ3v) is 1.24. The Balaban J connectivity index is 0.00000121. The van der Waals surface area contributed by atoms with Crippen molar-refractivity contribution in [1.82, 2.24) is 11.1 Å². The Hall–Kier alpha value is -1.10. The summed E-state index contributed by atoms with van der Waals surface area (Å²) >= 11 is 0. The maximum absolute atomic E-state index is 11.9. The lowest BCUT2D eigenvalue weighted by Crippen LogP contribution is -2.05. The first-order valence-corrected chi connectivity index (χ1v) is 3.00. The van der Waals surface area contributed by atoms with Crippen LogP contribution in [0.4, 0.5) is 13.2 Å². The topological polar surface area (TPSA) is 47.9 Å². The van der Waals surface area contributed by atoms with E-state index < -0.39 is 11.7 Å². The molecule has 0 bridgehead atoms. The van der Waals surface area contributed by atoms with Gasteiger partial charge in [0.25, 0.3) is 0 Å². The number of nitrogens with zero attached hydrogens (tertiary/aromatic N) is 1. The van der Waals surface area contributed by atoms with Crippen molar-refractivity contribution < 1.29 is 13.2 Å². The largest absolute Gasteiger partial charge is 0.417 e. The lowest BCUT2D eigenvalue weighted by Gasteiger charge is -2.04. The number of aromatic nitrogens is 1. The molecule has 0 saturated heterocycles. The molecule has 1 aromatic rings. The number of hydrogen-bond acceptors (Lipinski definition) is 2. The molecule has 3 N–H and O–H groups in total. The average molecular weight is 178 g/mol. The van der Waals surface area contributed by atoms with Gasteiger partial charge in [-0.2, -0.15) is 13.2 Å². The molecule has 0 atom stereocenters. The fraction of sp³-hybridized carbons (Fsp3) is 0.286. The molecule has 0 amide bonds. The normalized spacial score (nSPS) is 10.7. The van der Waals surface area contributed by atoms with Gasteiger partial charge in [0.05, 0.1) is 5.56 Å². The van der Waals surface area contributed by atoms with Crippen LogP contribution in [0.3, 0.4) is 0 Å². The number of pyridine rings is 1. The summed E-state index contributed by atoms with van der Waals surface area (Å²) < 4.78 is 35.6. The minimum atomic E-state index is -4.28. The predicted octanol–water partition coefficient (Wildman–Crippen LogP) is 2.57. The van der Waals surface area contributed by atoms with Gasteiger partial charge in [-0.1, -0.05) is 0 Å². The zero-order chi connectivity index (χ0) is 8.48. The number of hydrogen-bond donors (Lipinski definition) is 1. The summed E-state index contributed by atoms with van der Waals surface area (Å²) in [4.78, 5) is 3.53. The molecule has 0 fully saturated rings. The van der Waals surface area contributed by atoms with Crippen LogP contribution in [0, 0.1) is 6.92 Å². The van der Waals surface area contributed by atoms with E-state index in [1.807, 2.05) is 0 Å². The molecule has 1 rings (SSSR count). The van der Waals surface area contributed by atoms with Crippen molar-refractivity contribution in [2.24, 2.45) is 0 Å². The molecule has 1 aromatic heterocycles. The molecule has 2 nitrogen and oxygen atoms in total. The molecule has 0 aliphatic rings. The van der Waals surface area contributed by atoms with Gasteiger partial charge in [-0.15, -0.1) is 0 Å². The van der Waals surface area contributed by atoms with Crippen LogP contribution in [0.5, 0.6) is 0 Å². The fourth-order valence-corrected chi connectivity index (χ4v) is 0.635. The van der Waals surface area contributed by atoms with Gasteiger partial charge in [0.1, 0.15) is 0 Å². The molecule has 68 valence electrons. The SMILES string of the molecule is Cc1ccc(C(F)(F)F)cn1.N. The molecule has 0 aliphatic carbocycles.